The van der Waals surface area contributed by atoms with Gasteiger partial charge in [0.2, 0.25) is 0 Å². The van der Waals surface area contributed by atoms with Crippen molar-refractivity contribution in [1.29, 1.82) is 0 Å². The van der Waals surface area contributed by atoms with Crippen molar-refractivity contribution < 1.29 is 0 Å². The molecule has 1 aliphatic heterocycles. The highest BCUT2D eigenvalue weighted by Crippen LogP contribution is 2.51. The fourth-order valence-electron chi connectivity index (χ4n) is 3.74. The third kappa shape index (κ3) is 1.24. The summed E-state index contributed by atoms with van der Waals surface area (Å²) in [6.45, 7) is 4.76. The number of likely N-dealkylation sites (tertiary alicyclic amines) is 1. The molecule has 1 saturated carbocycles. The molecule has 3 rings (SSSR count). The molecule has 0 spiro atoms. The average molecular weight is 192 g/mol. The standard InChI is InChI=1S/C12H20N2/c13-4-1-5-14-7-11-9-2-3-10(6-9)12(11)8-14/h2-3,9-12H,1,4-8,13H2/t9-,10-,11+,12+/m0/s1. The third-order valence-electron chi connectivity index (χ3n) is 4.42. The van der Waals surface area contributed by atoms with E-state index in [4.69, 9.17) is 5.73 Å². The van der Waals surface area contributed by atoms with Crippen molar-refractivity contribution in [2.45, 2.75) is 12.8 Å². The van der Waals surface area contributed by atoms with Crippen LogP contribution in [0.5, 0.6) is 0 Å². The molecule has 2 nitrogen and oxygen atoms in total. The molecular weight excluding hydrogens is 172 g/mol. The number of hydrogen-bond donors (Lipinski definition) is 1. The average Bonchev–Trinajstić information content (AvgIpc) is 2.85. The molecule has 0 unspecified atom stereocenters. The van der Waals surface area contributed by atoms with Gasteiger partial charge in [0.15, 0.2) is 0 Å². The van der Waals surface area contributed by atoms with Gasteiger partial charge in [0.25, 0.3) is 0 Å². The molecule has 2 N–H and O–H groups in total. The predicted octanol–water partition coefficient (Wildman–Crippen LogP) is 1.09. The van der Waals surface area contributed by atoms with Gasteiger partial charge in [0.05, 0.1) is 0 Å². The summed E-state index contributed by atoms with van der Waals surface area (Å²) in [4.78, 5) is 2.63. The first kappa shape index (κ1) is 8.93. The first-order valence-corrected chi connectivity index (χ1v) is 5.99. The Morgan fingerprint density at radius 3 is 2.36 bits per heavy atom. The molecule has 78 valence electrons. The van der Waals surface area contributed by atoms with Crippen LogP contribution in [0.4, 0.5) is 0 Å². The molecule has 0 aromatic heterocycles. The second kappa shape index (κ2) is 3.35. The van der Waals surface area contributed by atoms with Crippen molar-refractivity contribution in [3.05, 3.63) is 12.2 Å². The van der Waals surface area contributed by atoms with Gasteiger partial charge < -0.3 is 10.6 Å². The van der Waals surface area contributed by atoms with Gasteiger partial charge in [0.1, 0.15) is 0 Å². The van der Waals surface area contributed by atoms with Gasteiger partial charge >= 0.3 is 0 Å². The van der Waals surface area contributed by atoms with Gasteiger partial charge in [-0.1, -0.05) is 12.2 Å². The van der Waals surface area contributed by atoms with Gasteiger partial charge in [-0.3, -0.25) is 0 Å². The fourth-order valence-corrected chi connectivity index (χ4v) is 3.74. The minimum Gasteiger partial charge on any atom is -0.330 e. The molecule has 2 aliphatic carbocycles. The minimum absolute atomic E-state index is 0.844. The molecule has 1 saturated heterocycles. The first-order chi connectivity index (χ1) is 6.88. The zero-order valence-corrected chi connectivity index (χ0v) is 8.73. The van der Waals surface area contributed by atoms with Crippen LogP contribution in [0.25, 0.3) is 0 Å². The normalized spacial score (nSPS) is 44.9. The topological polar surface area (TPSA) is 29.3 Å². The zero-order valence-electron chi connectivity index (χ0n) is 8.73. The van der Waals surface area contributed by atoms with Crippen molar-refractivity contribution in [2.75, 3.05) is 26.2 Å². The van der Waals surface area contributed by atoms with E-state index in [1.165, 1.54) is 32.5 Å². The lowest BCUT2D eigenvalue weighted by Gasteiger charge is -2.17. The van der Waals surface area contributed by atoms with Gasteiger partial charge in [-0.2, -0.15) is 0 Å². The fraction of sp³-hybridized carbons (Fsp3) is 0.833. The van der Waals surface area contributed by atoms with E-state index in [-0.39, 0.29) is 0 Å². The van der Waals surface area contributed by atoms with E-state index in [0.29, 0.717) is 0 Å². The van der Waals surface area contributed by atoms with Crippen LogP contribution in [0.3, 0.4) is 0 Å². The number of nitrogens with zero attached hydrogens (tertiary/aromatic N) is 1. The van der Waals surface area contributed by atoms with Crippen molar-refractivity contribution in [2.24, 2.45) is 29.4 Å². The molecule has 14 heavy (non-hydrogen) atoms. The Balaban J connectivity index is 1.62. The van der Waals surface area contributed by atoms with E-state index in [2.05, 4.69) is 17.1 Å². The Labute approximate surface area is 86.1 Å². The maximum absolute atomic E-state index is 5.55. The smallest absolute Gasteiger partial charge is 0.00188 e. The van der Waals surface area contributed by atoms with Gasteiger partial charge in [-0.25, -0.2) is 0 Å². The summed E-state index contributed by atoms with van der Waals surface area (Å²) in [6.07, 6.45) is 7.57. The molecule has 4 atom stereocenters. The van der Waals surface area contributed by atoms with Crippen molar-refractivity contribution in [3.63, 3.8) is 0 Å². The lowest BCUT2D eigenvalue weighted by molar-refractivity contribution is 0.297. The van der Waals surface area contributed by atoms with Gasteiger partial charge in [0, 0.05) is 13.1 Å². The zero-order chi connectivity index (χ0) is 9.54. The number of nitrogens with two attached hydrogens (primary N) is 1. The van der Waals surface area contributed by atoms with Crippen molar-refractivity contribution in [3.8, 4) is 0 Å². The highest BCUT2D eigenvalue weighted by Gasteiger charge is 2.48. The summed E-state index contributed by atoms with van der Waals surface area (Å²) in [5, 5.41) is 0. The first-order valence-electron chi connectivity index (χ1n) is 5.99. The summed E-state index contributed by atoms with van der Waals surface area (Å²) >= 11 is 0. The van der Waals surface area contributed by atoms with Crippen LogP contribution < -0.4 is 5.73 Å². The molecule has 2 heteroatoms. The molecule has 1 heterocycles. The lowest BCUT2D eigenvalue weighted by Crippen LogP contribution is -2.25. The summed E-state index contributed by atoms with van der Waals surface area (Å²) in [5.74, 6) is 3.83. The number of allylic oxidation sites excluding steroid dienone is 2. The highest BCUT2D eigenvalue weighted by atomic mass is 15.2. The Morgan fingerprint density at radius 1 is 1.14 bits per heavy atom. The lowest BCUT2D eigenvalue weighted by atomic mass is 9.86. The second-order valence-electron chi connectivity index (χ2n) is 5.18. The number of fused-ring (bicyclic) bond motifs is 5. The molecular formula is C12H20N2. The van der Waals surface area contributed by atoms with Crippen molar-refractivity contribution in [1.82, 2.24) is 4.90 Å². The number of hydrogen-bond acceptors (Lipinski definition) is 2. The SMILES string of the molecule is NCCCN1C[C@H]2[C@H](C1)[C@H]1C=C[C@H]2C1. The Morgan fingerprint density at radius 2 is 1.79 bits per heavy atom. The van der Waals surface area contributed by atoms with E-state index in [0.717, 1.165) is 30.2 Å². The quantitative estimate of drug-likeness (QED) is 0.678. The second-order valence-corrected chi connectivity index (χ2v) is 5.18. The summed E-state index contributed by atoms with van der Waals surface area (Å²) in [7, 11) is 0. The summed E-state index contributed by atoms with van der Waals surface area (Å²) in [5.41, 5.74) is 5.55. The molecule has 0 aromatic carbocycles. The largest absolute Gasteiger partial charge is 0.330 e. The molecule has 2 fully saturated rings. The Hall–Kier alpha value is -0.340. The van der Waals surface area contributed by atoms with E-state index in [1.807, 2.05) is 0 Å². The monoisotopic (exact) mass is 192 g/mol. The van der Waals surface area contributed by atoms with Crippen LogP contribution in [-0.4, -0.2) is 31.1 Å². The van der Waals surface area contributed by atoms with Crippen LogP contribution in [0.1, 0.15) is 12.8 Å². The Kier molecular flexibility index (Phi) is 2.14. The van der Waals surface area contributed by atoms with Crippen LogP contribution in [-0.2, 0) is 0 Å². The van der Waals surface area contributed by atoms with E-state index in [9.17, 15) is 0 Å². The molecule has 0 amide bonds. The Bertz CT molecular complexity index is 229. The van der Waals surface area contributed by atoms with E-state index < -0.39 is 0 Å². The van der Waals surface area contributed by atoms with Crippen LogP contribution >= 0.6 is 0 Å². The number of rotatable bonds is 3. The van der Waals surface area contributed by atoms with Crippen LogP contribution in [0.2, 0.25) is 0 Å². The van der Waals surface area contributed by atoms with Gasteiger partial charge in [-0.05, 0) is 49.6 Å². The molecule has 3 aliphatic rings. The predicted molar refractivity (Wildman–Crippen MR) is 57.8 cm³/mol. The van der Waals surface area contributed by atoms with E-state index in [1.54, 1.807) is 0 Å². The van der Waals surface area contributed by atoms with Crippen molar-refractivity contribution >= 4 is 0 Å². The van der Waals surface area contributed by atoms with Crippen LogP contribution in [0.15, 0.2) is 12.2 Å². The third-order valence-corrected chi connectivity index (χ3v) is 4.42. The minimum atomic E-state index is 0.844. The van der Waals surface area contributed by atoms with Crippen LogP contribution in [0, 0.1) is 23.7 Å². The maximum Gasteiger partial charge on any atom is 0.00188 e. The summed E-state index contributed by atoms with van der Waals surface area (Å²) < 4.78 is 0. The molecule has 0 aromatic rings. The maximum atomic E-state index is 5.55. The highest BCUT2D eigenvalue weighted by molar-refractivity contribution is 5.16. The molecule has 2 bridgehead atoms. The molecule has 0 radical (unpaired) electrons. The van der Waals surface area contributed by atoms with E-state index >= 15 is 0 Å². The summed E-state index contributed by atoms with van der Waals surface area (Å²) in [6, 6.07) is 0. The van der Waals surface area contributed by atoms with Gasteiger partial charge in [-0.15, -0.1) is 0 Å².